The summed E-state index contributed by atoms with van der Waals surface area (Å²) >= 11 is 0. The van der Waals surface area contributed by atoms with Crippen molar-refractivity contribution in [3.63, 3.8) is 0 Å². The summed E-state index contributed by atoms with van der Waals surface area (Å²) in [5.41, 5.74) is 0. The average molecular weight is 284 g/mol. The van der Waals surface area contributed by atoms with Crippen LogP contribution in [0.1, 0.15) is 40.0 Å². The molecule has 1 nitrogen and oxygen atoms in total. The molecule has 1 fully saturated rings. The monoisotopic (exact) mass is 284 g/mol. The predicted molar refractivity (Wildman–Crippen MR) is 53.5 cm³/mol. The van der Waals surface area contributed by atoms with Crippen LogP contribution in [0.5, 0.6) is 0 Å². The van der Waals surface area contributed by atoms with E-state index >= 15 is 0 Å². The van der Waals surface area contributed by atoms with Crippen LogP contribution >= 0.6 is 0 Å². The van der Waals surface area contributed by atoms with E-state index in [-0.39, 0.29) is 54.4 Å². The average Bonchev–Trinajstić information content (AvgIpc) is 1.60. The van der Waals surface area contributed by atoms with Gasteiger partial charge in [0, 0.05) is 0 Å². The molecule has 2 heteroatoms. The van der Waals surface area contributed by atoms with E-state index in [4.69, 9.17) is 0 Å². The molecule has 1 aliphatic rings. The molecule has 0 heterocycles. The summed E-state index contributed by atoms with van der Waals surface area (Å²) in [5, 5.41) is 0. The Hall–Kier alpha value is 1.53. The fourth-order valence-electron chi connectivity index (χ4n) is 1.93. The maximum atomic E-state index is 2.36. The number of hydrogen-bond donors (Lipinski definition) is 0. The molecule has 0 aliphatic heterocycles. The van der Waals surface area contributed by atoms with Crippen molar-refractivity contribution in [3.8, 4) is 0 Å². The van der Waals surface area contributed by atoms with Gasteiger partial charge in [-0.05, 0) is 37.0 Å². The van der Waals surface area contributed by atoms with Gasteiger partial charge in [-0.3, -0.25) is 0 Å². The van der Waals surface area contributed by atoms with Crippen LogP contribution in [0.25, 0.3) is 0 Å². The van der Waals surface area contributed by atoms with Gasteiger partial charge in [-0.25, -0.2) is 0 Å². The zero-order chi connectivity index (χ0) is 6.85. The molecule has 1 aliphatic carbocycles. The summed E-state index contributed by atoms with van der Waals surface area (Å²) in [4.78, 5) is 0. The molecule has 0 aromatic rings. The summed E-state index contributed by atoms with van der Waals surface area (Å²) in [6.07, 6.45) is 4.46. The first-order chi connectivity index (χ1) is 4.18. The van der Waals surface area contributed by atoms with Crippen molar-refractivity contribution in [2.45, 2.75) is 40.0 Å². The summed E-state index contributed by atoms with van der Waals surface area (Å²) in [6, 6.07) is 0. The van der Waals surface area contributed by atoms with E-state index < -0.39 is 0 Å². The van der Waals surface area contributed by atoms with E-state index in [0.29, 0.717) is 0 Å². The number of rotatable bonds is 2. The fraction of sp³-hybridized carbons (Fsp3) is 1.00. The predicted octanol–water partition coefficient (Wildman–Crippen LogP) is 1.34. The van der Waals surface area contributed by atoms with Gasteiger partial charge >= 0.3 is 48.9 Å². The molecule has 0 saturated heterocycles. The van der Waals surface area contributed by atoms with Gasteiger partial charge in [0.1, 0.15) is 0 Å². The molecule has 11 heavy (non-hydrogen) atoms. The Balaban J connectivity index is 0. The van der Waals surface area contributed by atoms with Crippen LogP contribution in [0.4, 0.5) is 0 Å². The minimum absolute atomic E-state index is 0. The Morgan fingerprint density at radius 2 is 1.73 bits per heavy atom. The van der Waals surface area contributed by atoms with E-state index in [1.807, 2.05) is 0 Å². The van der Waals surface area contributed by atoms with Gasteiger partial charge in [-0.1, -0.05) is 20.8 Å². The molecule has 2 N–H and O–H groups in total. The zero-order valence-corrected chi connectivity index (χ0v) is 7.35. The van der Waals surface area contributed by atoms with Crippen molar-refractivity contribution in [1.29, 1.82) is 0 Å². The van der Waals surface area contributed by atoms with Crippen molar-refractivity contribution in [1.82, 2.24) is 0 Å². The van der Waals surface area contributed by atoms with E-state index in [9.17, 15) is 0 Å². The Labute approximate surface area is 111 Å². The third kappa shape index (κ3) is 5.72. The molecule has 0 radical (unpaired) electrons. The maximum absolute atomic E-state index is 2.36. The first kappa shape index (κ1) is 15.0. The molecule has 0 spiro atoms. The minimum atomic E-state index is 0. The van der Waals surface area contributed by atoms with Crippen LogP contribution in [-0.2, 0) is 0 Å². The van der Waals surface area contributed by atoms with Gasteiger partial charge in [0.15, 0.2) is 0 Å². The van der Waals surface area contributed by atoms with E-state index in [2.05, 4.69) is 20.8 Å². The quantitative estimate of drug-likeness (QED) is 0.685. The Kier molecular flexibility index (Phi) is 9.54. The fourth-order valence-corrected chi connectivity index (χ4v) is 1.93. The second-order valence-electron chi connectivity index (χ2n) is 4.07. The first-order valence-electron chi connectivity index (χ1n) is 4.18. The van der Waals surface area contributed by atoms with Crippen LogP contribution < -0.4 is 0 Å². The van der Waals surface area contributed by atoms with Crippen molar-refractivity contribution in [2.75, 3.05) is 0 Å². The summed E-state index contributed by atoms with van der Waals surface area (Å²) < 4.78 is 0. The van der Waals surface area contributed by atoms with Gasteiger partial charge in [-0.2, -0.15) is 0 Å². The van der Waals surface area contributed by atoms with Crippen LogP contribution in [0.15, 0.2) is 0 Å². The van der Waals surface area contributed by atoms with Gasteiger partial charge in [-0.15, -0.1) is 0 Å². The normalized spacial score (nSPS) is 28.4. The van der Waals surface area contributed by atoms with Gasteiger partial charge < -0.3 is 5.48 Å². The molecule has 1 saturated carbocycles. The third-order valence-corrected chi connectivity index (χ3v) is 2.28. The van der Waals surface area contributed by atoms with E-state index in [1.165, 1.54) is 19.3 Å². The van der Waals surface area contributed by atoms with Crippen molar-refractivity contribution < 1.29 is 5.48 Å². The molecular formula is C9H22BaO. The second kappa shape index (κ2) is 6.99. The van der Waals surface area contributed by atoms with Gasteiger partial charge in [0.25, 0.3) is 0 Å². The summed E-state index contributed by atoms with van der Waals surface area (Å²) in [5.74, 6) is 3.04. The molecule has 66 valence electrons. The molecule has 1 rings (SSSR count). The molecule has 0 atom stereocenters. The van der Waals surface area contributed by atoms with Crippen LogP contribution in [0, 0.1) is 17.8 Å². The molecule has 0 amide bonds. The topological polar surface area (TPSA) is 31.5 Å². The zero-order valence-electron chi connectivity index (χ0n) is 7.35. The number of hydrogen-bond acceptors (Lipinski definition) is 0. The van der Waals surface area contributed by atoms with Gasteiger partial charge in [0.2, 0.25) is 0 Å². The molecule has 0 aromatic carbocycles. The van der Waals surface area contributed by atoms with Crippen molar-refractivity contribution in [3.05, 3.63) is 0 Å². The summed E-state index contributed by atoms with van der Waals surface area (Å²) in [7, 11) is 0. The molecular weight excluding hydrogens is 261 g/mol. The Morgan fingerprint density at radius 1 is 1.27 bits per heavy atom. The van der Waals surface area contributed by atoms with Gasteiger partial charge in [0.05, 0.1) is 0 Å². The molecule has 0 bridgehead atoms. The van der Waals surface area contributed by atoms with E-state index in [1.54, 1.807) is 0 Å². The Bertz CT molecular complexity index is 87.6. The molecule has 0 unspecified atom stereocenters. The van der Waals surface area contributed by atoms with Crippen LogP contribution in [-0.4, -0.2) is 54.4 Å². The SMILES string of the molecule is CC(C)CC1CC(C)C1.O.[BaH2]. The second-order valence-corrected chi connectivity index (χ2v) is 4.07. The van der Waals surface area contributed by atoms with Crippen molar-refractivity contribution in [2.24, 2.45) is 17.8 Å². The van der Waals surface area contributed by atoms with Crippen molar-refractivity contribution >= 4 is 48.9 Å². The molecule has 0 aromatic heterocycles. The van der Waals surface area contributed by atoms with E-state index in [0.717, 1.165) is 17.8 Å². The summed E-state index contributed by atoms with van der Waals surface area (Å²) in [6.45, 7) is 7.00. The van der Waals surface area contributed by atoms with Crippen LogP contribution in [0.3, 0.4) is 0 Å². The Morgan fingerprint density at radius 3 is 2.00 bits per heavy atom. The first-order valence-corrected chi connectivity index (χ1v) is 4.18. The standard InChI is InChI=1S/C9H18.Ba.H2O.2H/c1-7(2)4-9-5-8(3)6-9;;;;/h7-9H,4-6H2,1-3H3;;1H2;;. The third-order valence-electron chi connectivity index (χ3n) is 2.28. The van der Waals surface area contributed by atoms with Crippen LogP contribution in [0.2, 0.25) is 0 Å².